The standard InChI is InChI=1S/C19H24N6O/c26-19(22-15-7-5-9-20-17(15)24-11-1-2-12-24)23-16-8-6-10-21-18(16)25-13-3-4-14-25/h5-10H,1-4,11-14H2,(H2,22,23,26). The first-order chi connectivity index (χ1) is 12.8. The number of amides is 2. The van der Waals surface area contributed by atoms with Gasteiger partial charge >= 0.3 is 6.03 Å². The van der Waals surface area contributed by atoms with Crippen LogP contribution < -0.4 is 20.4 Å². The first-order valence-electron chi connectivity index (χ1n) is 9.29. The molecule has 0 spiro atoms. The van der Waals surface area contributed by atoms with E-state index in [1.54, 1.807) is 12.4 Å². The summed E-state index contributed by atoms with van der Waals surface area (Å²) in [6.07, 6.45) is 8.19. The Kier molecular flexibility index (Phi) is 4.86. The largest absolute Gasteiger partial charge is 0.355 e. The molecule has 2 N–H and O–H groups in total. The van der Waals surface area contributed by atoms with Crippen molar-refractivity contribution < 1.29 is 4.79 Å². The number of aromatic nitrogens is 2. The lowest BCUT2D eigenvalue weighted by atomic mass is 10.3. The van der Waals surface area contributed by atoms with Crippen LogP contribution in [-0.4, -0.2) is 42.2 Å². The van der Waals surface area contributed by atoms with E-state index in [1.807, 2.05) is 24.3 Å². The van der Waals surface area contributed by atoms with Gasteiger partial charge in [-0.25, -0.2) is 14.8 Å². The molecule has 2 aromatic heterocycles. The number of anilines is 4. The molecule has 136 valence electrons. The van der Waals surface area contributed by atoms with Gasteiger partial charge in [0.15, 0.2) is 11.6 Å². The second-order valence-corrected chi connectivity index (χ2v) is 6.72. The molecular formula is C19H24N6O. The lowest BCUT2D eigenvalue weighted by molar-refractivity contribution is 0.262. The van der Waals surface area contributed by atoms with Crippen LogP contribution in [-0.2, 0) is 0 Å². The van der Waals surface area contributed by atoms with Gasteiger partial charge < -0.3 is 20.4 Å². The minimum absolute atomic E-state index is 0.271. The first-order valence-corrected chi connectivity index (χ1v) is 9.29. The van der Waals surface area contributed by atoms with Gasteiger partial charge in [-0.05, 0) is 49.9 Å². The van der Waals surface area contributed by atoms with E-state index in [1.165, 1.54) is 0 Å². The van der Waals surface area contributed by atoms with E-state index in [9.17, 15) is 4.79 Å². The molecule has 2 aliphatic rings. The minimum Gasteiger partial charge on any atom is -0.355 e. The van der Waals surface area contributed by atoms with Gasteiger partial charge in [0.25, 0.3) is 0 Å². The van der Waals surface area contributed by atoms with Gasteiger partial charge in [-0.3, -0.25) is 0 Å². The number of hydrogen-bond acceptors (Lipinski definition) is 5. The second kappa shape index (κ2) is 7.59. The van der Waals surface area contributed by atoms with Crippen LogP contribution in [0.5, 0.6) is 0 Å². The number of hydrogen-bond donors (Lipinski definition) is 2. The summed E-state index contributed by atoms with van der Waals surface area (Å²) in [6.45, 7) is 3.92. The molecule has 0 atom stereocenters. The topological polar surface area (TPSA) is 73.4 Å². The first kappa shape index (κ1) is 16.6. The van der Waals surface area contributed by atoms with Crippen molar-refractivity contribution in [2.45, 2.75) is 25.7 Å². The van der Waals surface area contributed by atoms with Gasteiger partial charge in [0.1, 0.15) is 0 Å². The number of carbonyl (C=O) groups is 1. The zero-order chi connectivity index (χ0) is 17.8. The van der Waals surface area contributed by atoms with E-state index < -0.39 is 0 Å². The molecule has 7 heteroatoms. The summed E-state index contributed by atoms with van der Waals surface area (Å²) in [7, 11) is 0. The van der Waals surface area contributed by atoms with Crippen LogP contribution >= 0.6 is 0 Å². The van der Waals surface area contributed by atoms with E-state index in [2.05, 4.69) is 30.4 Å². The maximum Gasteiger partial charge on any atom is 0.323 e. The van der Waals surface area contributed by atoms with Crippen LogP contribution in [0.25, 0.3) is 0 Å². The van der Waals surface area contributed by atoms with Gasteiger partial charge in [-0.1, -0.05) is 0 Å². The van der Waals surface area contributed by atoms with Crippen LogP contribution in [0.15, 0.2) is 36.7 Å². The van der Waals surface area contributed by atoms with Crippen LogP contribution in [0.4, 0.5) is 27.8 Å². The predicted octanol–water partition coefficient (Wildman–Crippen LogP) is 3.32. The highest BCUT2D eigenvalue weighted by atomic mass is 16.2. The average molecular weight is 352 g/mol. The fourth-order valence-electron chi connectivity index (χ4n) is 3.63. The Morgan fingerprint density at radius 3 is 1.62 bits per heavy atom. The molecule has 0 unspecified atom stereocenters. The molecule has 0 radical (unpaired) electrons. The monoisotopic (exact) mass is 352 g/mol. The van der Waals surface area contributed by atoms with E-state index in [4.69, 9.17) is 0 Å². The third kappa shape index (κ3) is 3.56. The third-order valence-electron chi connectivity index (χ3n) is 4.88. The summed E-state index contributed by atoms with van der Waals surface area (Å²) in [6, 6.07) is 7.20. The maximum atomic E-state index is 12.6. The minimum atomic E-state index is -0.271. The van der Waals surface area contributed by atoms with Crippen molar-refractivity contribution in [2.75, 3.05) is 46.6 Å². The molecule has 4 heterocycles. The molecule has 2 aromatic rings. The summed E-state index contributed by atoms with van der Waals surface area (Å²) in [5.74, 6) is 1.68. The van der Waals surface area contributed by atoms with E-state index >= 15 is 0 Å². The number of carbonyl (C=O) groups excluding carboxylic acids is 1. The predicted molar refractivity (Wildman–Crippen MR) is 104 cm³/mol. The summed E-state index contributed by atoms with van der Waals surface area (Å²) in [5, 5.41) is 5.91. The molecular weight excluding hydrogens is 328 g/mol. The highest BCUT2D eigenvalue weighted by molar-refractivity contribution is 6.02. The maximum absolute atomic E-state index is 12.6. The normalized spacial score (nSPS) is 16.8. The molecule has 2 amide bonds. The number of rotatable bonds is 4. The molecule has 26 heavy (non-hydrogen) atoms. The summed E-state index contributed by atoms with van der Waals surface area (Å²) < 4.78 is 0. The van der Waals surface area contributed by atoms with Crippen LogP contribution in [0.1, 0.15) is 25.7 Å². The highest BCUT2D eigenvalue weighted by Crippen LogP contribution is 2.28. The molecule has 0 aromatic carbocycles. The van der Waals surface area contributed by atoms with Gasteiger partial charge in [-0.15, -0.1) is 0 Å². The SMILES string of the molecule is O=C(Nc1cccnc1N1CCCC1)Nc1cccnc1N1CCCC1. The number of urea groups is 1. The summed E-state index contributed by atoms with van der Waals surface area (Å²) in [4.78, 5) is 26.0. The fraction of sp³-hybridized carbons (Fsp3) is 0.421. The highest BCUT2D eigenvalue weighted by Gasteiger charge is 2.20. The molecule has 2 aliphatic heterocycles. The van der Waals surface area contributed by atoms with E-state index in [-0.39, 0.29) is 6.03 Å². The Hall–Kier alpha value is -2.83. The number of nitrogens with one attached hydrogen (secondary N) is 2. The molecule has 0 bridgehead atoms. The van der Waals surface area contributed by atoms with Crippen molar-refractivity contribution in [3.05, 3.63) is 36.7 Å². The van der Waals surface area contributed by atoms with Crippen molar-refractivity contribution in [1.82, 2.24) is 9.97 Å². The molecule has 7 nitrogen and oxygen atoms in total. The van der Waals surface area contributed by atoms with Gasteiger partial charge in [0.2, 0.25) is 0 Å². The van der Waals surface area contributed by atoms with Crippen molar-refractivity contribution in [3.8, 4) is 0 Å². The zero-order valence-corrected chi connectivity index (χ0v) is 14.8. The van der Waals surface area contributed by atoms with Crippen molar-refractivity contribution in [1.29, 1.82) is 0 Å². The van der Waals surface area contributed by atoms with Gasteiger partial charge in [0, 0.05) is 38.6 Å². The Labute approximate surface area is 153 Å². The van der Waals surface area contributed by atoms with Gasteiger partial charge in [0.05, 0.1) is 11.4 Å². The van der Waals surface area contributed by atoms with Crippen LogP contribution in [0.3, 0.4) is 0 Å². The molecule has 4 rings (SSSR count). The van der Waals surface area contributed by atoms with Crippen LogP contribution in [0, 0.1) is 0 Å². The Balaban J connectivity index is 1.48. The summed E-state index contributed by atoms with van der Waals surface area (Å²) in [5.41, 5.74) is 1.47. The van der Waals surface area contributed by atoms with Crippen molar-refractivity contribution in [3.63, 3.8) is 0 Å². The lowest BCUT2D eigenvalue weighted by Gasteiger charge is -2.21. The van der Waals surface area contributed by atoms with Gasteiger partial charge in [-0.2, -0.15) is 0 Å². The Morgan fingerprint density at radius 2 is 1.19 bits per heavy atom. The lowest BCUT2D eigenvalue weighted by Crippen LogP contribution is -2.26. The third-order valence-corrected chi connectivity index (χ3v) is 4.88. The Morgan fingerprint density at radius 1 is 0.769 bits per heavy atom. The zero-order valence-electron chi connectivity index (χ0n) is 14.8. The molecule has 2 saturated heterocycles. The molecule has 2 fully saturated rings. The number of pyridine rings is 2. The summed E-state index contributed by atoms with van der Waals surface area (Å²) >= 11 is 0. The van der Waals surface area contributed by atoms with E-state index in [0.717, 1.165) is 74.9 Å². The van der Waals surface area contributed by atoms with E-state index in [0.29, 0.717) is 0 Å². The second-order valence-electron chi connectivity index (χ2n) is 6.72. The van der Waals surface area contributed by atoms with Crippen LogP contribution in [0.2, 0.25) is 0 Å². The average Bonchev–Trinajstić information content (AvgIpc) is 3.37. The molecule has 0 aliphatic carbocycles. The Bertz CT molecular complexity index is 705. The van der Waals surface area contributed by atoms with Crippen molar-refractivity contribution in [2.24, 2.45) is 0 Å². The molecule has 0 saturated carbocycles. The quantitative estimate of drug-likeness (QED) is 0.883. The fourth-order valence-corrected chi connectivity index (χ4v) is 3.63. The smallest absolute Gasteiger partial charge is 0.323 e. The number of nitrogens with zero attached hydrogens (tertiary/aromatic N) is 4. The van der Waals surface area contributed by atoms with Crippen molar-refractivity contribution >= 4 is 29.0 Å².